The molecule has 1 atom stereocenters. The van der Waals surface area contributed by atoms with E-state index in [4.69, 9.17) is 1.37 Å². The molecule has 1 saturated heterocycles. The Morgan fingerprint density at radius 2 is 2.05 bits per heavy atom. The topological polar surface area (TPSA) is 32.3 Å². The first kappa shape index (κ1) is 12.7. The highest BCUT2D eigenvalue weighted by atomic mass is 16.1. The van der Waals surface area contributed by atoms with Gasteiger partial charge in [0.15, 0.2) is 0 Å². The highest BCUT2D eigenvalue weighted by Gasteiger charge is 2.18. The summed E-state index contributed by atoms with van der Waals surface area (Å²) in [4.78, 5) is 13.1. The summed E-state index contributed by atoms with van der Waals surface area (Å²) in [7, 11) is 2.18. The highest BCUT2D eigenvalue weighted by Crippen LogP contribution is 2.27. The molecule has 1 heterocycles. The van der Waals surface area contributed by atoms with Crippen molar-refractivity contribution in [2.75, 3.05) is 20.1 Å². The van der Waals surface area contributed by atoms with Crippen molar-refractivity contribution in [3.8, 4) is 0 Å². The van der Waals surface area contributed by atoms with Crippen LogP contribution in [0.1, 0.15) is 38.2 Å². The van der Waals surface area contributed by atoms with Gasteiger partial charge in [-0.15, -0.1) is 0 Å². The lowest BCUT2D eigenvalue weighted by atomic mass is 9.89. The van der Waals surface area contributed by atoms with Crippen LogP contribution in [0.15, 0.2) is 24.3 Å². The zero-order chi connectivity index (χ0) is 14.5. The molecule has 3 heteroatoms. The number of carbonyl (C=O) groups excluding carboxylic acids is 1. The zero-order valence-electron chi connectivity index (χ0n) is 12.9. The fourth-order valence-electron chi connectivity index (χ4n) is 2.77. The van der Waals surface area contributed by atoms with E-state index >= 15 is 0 Å². The molecule has 0 saturated carbocycles. The van der Waals surface area contributed by atoms with E-state index in [0.29, 0.717) is 5.92 Å². The molecule has 19 heavy (non-hydrogen) atoms. The molecule has 104 valence electrons. The first-order valence-electron chi connectivity index (χ1n) is 7.59. The minimum absolute atomic E-state index is 0.00850. The lowest BCUT2D eigenvalue weighted by Gasteiger charge is -2.29. The van der Waals surface area contributed by atoms with Gasteiger partial charge in [-0.3, -0.25) is 4.79 Å². The van der Waals surface area contributed by atoms with Gasteiger partial charge in [0, 0.05) is 6.04 Å². The average molecular weight is 262 g/mol. The number of hydrogen-bond donors (Lipinski definition) is 1. The van der Waals surface area contributed by atoms with Crippen LogP contribution in [-0.2, 0) is 11.2 Å². The van der Waals surface area contributed by atoms with E-state index < -0.39 is 6.39 Å². The molecule has 3 nitrogen and oxygen atoms in total. The van der Waals surface area contributed by atoms with Gasteiger partial charge in [0.05, 0.1) is 0 Å². The van der Waals surface area contributed by atoms with Gasteiger partial charge < -0.3 is 10.2 Å². The number of hydrogen-bond acceptors (Lipinski definition) is 2. The Labute approximate surface area is 117 Å². The summed E-state index contributed by atoms with van der Waals surface area (Å²) in [5, 5.41) is 2.60. The van der Waals surface area contributed by atoms with Gasteiger partial charge >= 0.3 is 0 Å². The van der Waals surface area contributed by atoms with Crippen LogP contribution in [0.25, 0.3) is 0 Å². The van der Waals surface area contributed by atoms with Crippen molar-refractivity contribution in [1.29, 1.82) is 0 Å². The highest BCUT2D eigenvalue weighted by molar-refractivity contribution is 5.46. The van der Waals surface area contributed by atoms with Crippen molar-refractivity contribution in [3.05, 3.63) is 35.4 Å². The smallest absolute Gasteiger partial charge is 0.207 e. The molecule has 1 N–H and O–H groups in total. The molecule has 0 bridgehead atoms. The van der Waals surface area contributed by atoms with Crippen molar-refractivity contribution < 1.29 is 6.17 Å². The van der Waals surface area contributed by atoms with Gasteiger partial charge in [-0.2, -0.15) is 0 Å². The maximum atomic E-state index is 10.7. The standard InChI is InChI=1S/C16H24N2O/c1-13(17-12-19)11-14-3-5-15(6-4-14)16-7-9-18(2)10-8-16/h3-6,12-13,16H,7-11H2,1-2H3,(H,17,19)/i12T. The Hall–Kier alpha value is -1.35. The molecule has 1 aromatic rings. The lowest BCUT2D eigenvalue weighted by molar-refractivity contribution is -0.110. The third-order valence-electron chi connectivity index (χ3n) is 4.02. The monoisotopic (exact) mass is 262 g/mol. The number of rotatable bonds is 4. The Kier molecular flexibility index (Phi) is 4.48. The maximum absolute atomic E-state index is 10.7. The van der Waals surface area contributed by atoms with Crippen molar-refractivity contribution in [1.82, 2.24) is 10.2 Å². The van der Waals surface area contributed by atoms with Crippen LogP contribution in [0.2, 0.25) is 0 Å². The van der Waals surface area contributed by atoms with Gasteiger partial charge in [-0.1, -0.05) is 24.3 Å². The van der Waals surface area contributed by atoms with E-state index in [-0.39, 0.29) is 6.04 Å². The summed E-state index contributed by atoms with van der Waals surface area (Å²) in [6.07, 6.45) is 2.54. The summed E-state index contributed by atoms with van der Waals surface area (Å²) in [5.41, 5.74) is 2.64. The Balaban J connectivity index is 1.91. The number of benzene rings is 1. The number of likely N-dealkylation sites (tertiary alicyclic amines) is 1. The molecule has 1 aliphatic rings. The molecule has 0 aromatic heterocycles. The Morgan fingerprint density at radius 3 is 2.63 bits per heavy atom. The van der Waals surface area contributed by atoms with Gasteiger partial charge in [-0.05, 0) is 63.4 Å². The van der Waals surface area contributed by atoms with Crippen LogP contribution in [0, 0.1) is 0 Å². The average Bonchev–Trinajstić information content (AvgIpc) is 2.39. The first-order chi connectivity index (χ1) is 9.54. The normalized spacial score (nSPS) is 19.8. The summed E-state index contributed by atoms with van der Waals surface area (Å²) in [6.45, 7) is 4.29. The third-order valence-corrected chi connectivity index (χ3v) is 4.02. The quantitative estimate of drug-likeness (QED) is 0.844. The van der Waals surface area contributed by atoms with E-state index in [1.54, 1.807) is 0 Å². The van der Waals surface area contributed by atoms with Gasteiger partial charge in [0.1, 0.15) is 1.37 Å². The first-order valence-corrected chi connectivity index (χ1v) is 7.09. The molecule has 1 unspecified atom stereocenters. The molecule has 0 aliphatic carbocycles. The minimum Gasteiger partial charge on any atom is -0.356 e. The number of nitrogens with zero attached hydrogens (tertiary/aromatic N) is 1. The SMILES string of the molecule is [3H]C(=O)NC(C)Cc1ccc(C2CCN(C)CC2)cc1. The third kappa shape index (κ3) is 4.06. The molecule has 2 rings (SSSR count). The van der Waals surface area contributed by atoms with E-state index in [1.807, 2.05) is 6.92 Å². The van der Waals surface area contributed by atoms with Gasteiger partial charge in [0.25, 0.3) is 0 Å². The number of carbonyl (C=O) groups is 1. The minimum atomic E-state index is -0.708. The largest absolute Gasteiger partial charge is 0.356 e. The van der Waals surface area contributed by atoms with E-state index in [2.05, 4.69) is 41.5 Å². The predicted molar refractivity (Wildman–Crippen MR) is 78.3 cm³/mol. The fraction of sp³-hybridized carbons (Fsp3) is 0.562. The van der Waals surface area contributed by atoms with E-state index in [0.717, 1.165) is 6.42 Å². The van der Waals surface area contributed by atoms with Crippen LogP contribution in [0.5, 0.6) is 0 Å². The van der Waals surface area contributed by atoms with Crippen molar-refractivity contribution in [2.45, 2.75) is 38.1 Å². The molecule has 0 radical (unpaired) electrons. The number of piperidine rings is 1. The van der Waals surface area contributed by atoms with Gasteiger partial charge in [0.2, 0.25) is 6.39 Å². The summed E-state index contributed by atoms with van der Waals surface area (Å²) >= 11 is 0. The number of amides is 1. The molecule has 0 spiro atoms. The van der Waals surface area contributed by atoms with E-state index in [9.17, 15) is 4.79 Å². The van der Waals surface area contributed by atoms with Crippen LogP contribution in [0.3, 0.4) is 0 Å². The Morgan fingerprint density at radius 1 is 1.42 bits per heavy atom. The van der Waals surface area contributed by atoms with Crippen LogP contribution in [-0.4, -0.2) is 37.5 Å². The second-order valence-corrected chi connectivity index (χ2v) is 5.67. The molecule has 1 aromatic carbocycles. The second-order valence-electron chi connectivity index (χ2n) is 5.67. The maximum Gasteiger partial charge on any atom is 0.207 e. The van der Waals surface area contributed by atoms with Crippen molar-refractivity contribution >= 4 is 6.39 Å². The van der Waals surface area contributed by atoms with Crippen LogP contribution in [0.4, 0.5) is 0 Å². The molecule has 1 fully saturated rings. The molecule has 1 amide bonds. The van der Waals surface area contributed by atoms with Crippen molar-refractivity contribution in [3.63, 3.8) is 0 Å². The summed E-state index contributed by atoms with van der Waals surface area (Å²) in [6, 6.07) is 8.76. The summed E-state index contributed by atoms with van der Waals surface area (Å²) in [5.74, 6) is 0.686. The lowest BCUT2D eigenvalue weighted by Crippen LogP contribution is -2.29. The van der Waals surface area contributed by atoms with Gasteiger partial charge in [-0.25, -0.2) is 0 Å². The van der Waals surface area contributed by atoms with Crippen LogP contribution < -0.4 is 5.32 Å². The molecular weight excluding hydrogens is 236 g/mol. The molecule has 1 aliphatic heterocycles. The summed E-state index contributed by atoms with van der Waals surface area (Å²) < 4.78 is 6.90. The predicted octanol–water partition coefficient (Wildman–Crippen LogP) is 2.17. The number of nitrogens with one attached hydrogen (secondary N) is 1. The fourth-order valence-corrected chi connectivity index (χ4v) is 2.77. The zero-order valence-corrected chi connectivity index (χ0v) is 11.9. The second kappa shape index (κ2) is 6.71. The Bertz CT molecular complexity index is 438. The van der Waals surface area contributed by atoms with Crippen LogP contribution >= 0.6 is 0 Å². The molecular formula is C16H24N2O. The van der Waals surface area contributed by atoms with Crippen molar-refractivity contribution in [2.24, 2.45) is 0 Å². The van der Waals surface area contributed by atoms with E-state index in [1.165, 1.54) is 37.1 Å².